The van der Waals surface area contributed by atoms with Crippen LogP contribution in [-0.2, 0) is 14.4 Å². The molecule has 0 aliphatic carbocycles. The maximum absolute atomic E-state index is 13.4. The predicted molar refractivity (Wildman–Crippen MR) is 178 cm³/mol. The van der Waals surface area contributed by atoms with Crippen molar-refractivity contribution in [3.8, 4) is 5.75 Å². The number of thioether (sulfide) groups is 1. The monoisotopic (exact) mass is 659 g/mol. The highest BCUT2D eigenvalue weighted by Crippen LogP contribution is 2.35. The largest absolute Gasteiger partial charge is 0.494 e. The lowest BCUT2D eigenvalue weighted by Gasteiger charge is -2.15. The summed E-state index contributed by atoms with van der Waals surface area (Å²) < 4.78 is 5.44. The van der Waals surface area contributed by atoms with Crippen LogP contribution in [0.25, 0.3) is 6.08 Å². The van der Waals surface area contributed by atoms with Gasteiger partial charge in [0.2, 0.25) is 11.8 Å². The van der Waals surface area contributed by atoms with Crippen molar-refractivity contribution in [2.45, 2.75) is 23.5 Å². The van der Waals surface area contributed by atoms with Crippen LogP contribution in [0.4, 0.5) is 11.4 Å². The van der Waals surface area contributed by atoms with Crippen LogP contribution in [0.5, 0.6) is 5.75 Å². The van der Waals surface area contributed by atoms with E-state index in [9.17, 15) is 19.2 Å². The lowest BCUT2D eigenvalue weighted by atomic mass is 10.1. The van der Waals surface area contributed by atoms with Crippen molar-refractivity contribution in [3.63, 3.8) is 0 Å². The lowest BCUT2D eigenvalue weighted by Crippen LogP contribution is -2.31. The van der Waals surface area contributed by atoms with E-state index in [2.05, 4.69) is 10.6 Å². The van der Waals surface area contributed by atoms with Crippen LogP contribution in [0, 0.1) is 0 Å². The van der Waals surface area contributed by atoms with Crippen LogP contribution < -0.4 is 20.3 Å². The van der Waals surface area contributed by atoms with Crippen molar-refractivity contribution in [2.24, 2.45) is 0 Å². The molecule has 4 aromatic carbocycles. The standard InChI is InChI=1S/C34H27Cl2N3O5S/c1-2-44-26-14-12-25(13-15-26)39-31(40)20-30(34(39)43)45-27-16-10-24(11-17-27)37-33(42)29(18-22-8-9-23(35)19-28(22)36)38-32(41)21-6-4-3-5-7-21/h3-19,30H,2,20H2,1H3,(H,37,42)(H,38,41)/b29-18-. The first-order valence-electron chi connectivity index (χ1n) is 13.9. The quantitative estimate of drug-likeness (QED) is 0.138. The number of benzene rings is 4. The Morgan fingerprint density at radius 2 is 1.67 bits per heavy atom. The summed E-state index contributed by atoms with van der Waals surface area (Å²) in [6, 6.07) is 27.0. The van der Waals surface area contributed by atoms with E-state index in [4.69, 9.17) is 27.9 Å². The Morgan fingerprint density at radius 3 is 2.33 bits per heavy atom. The molecule has 0 saturated carbocycles. The molecule has 4 amide bonds. The first-order valence-corrected chi connectivity index (χ1v) is 15.6. The van der Waals surface area contributed by atoms with Crippen LogP contribution in [-0.4, -0.2) is 35.5 Å². The molecule has 0 aromatic heterocycles. The van der Waals surface area contributed by atoms with Gasteiger partial charge in [0.1, 0.15) is 11.4 Å². The molecule has 45 heavy (non-hydrogen) atoms. The maximum Gasteiger partial charge on any atom is 0.272 e. The normalized spacial score (nSPS) is 14.8. The van der Waals surface area contributed by atoms with Gasteiger partial charge in [0, 0.05) is 32.6 Å². The van der Waals surface area contributed by atoms with Gasteiger partial charge in [0.15, 0.2) is 0 Å². The van der Waals surface area contributed by atoms with Crippen LogP contribution in [0.1, 0.15) is 29.3 Å². The Labute approximate surface area is 274 Å². The number of halogens is 2. The lowest BCUT2D eigenvalue weighted by molar-refractivity contribution is -0.121. The summed E-state index contributed by atoms with van der Waals surface area (Å²) in [4.78, 5) is 54.1. The van der Waals surface area contributed by atoms with E-state index in [0.29, 0.717) is 44.9 Å². The second-order valence-corrected chi connectivity index (χ2v) is 11.9. The van der Waals surface area contributed by atoms with Gasteiger partial charge in [0.25, 0.3) is 11.8 Å². The molecule has 5 rings (SSSR count). The summed E-state index contributed by atoms with van der Waals surface area (Å²) in [7, 11) is 0. The molecule has 1 fully saturated rings. The van der Waals surface area contributed by atoms with Gasteiger partial charge in [-0.05, 0) is 91.4 Å². The van der Waals surface area contributed by atoms with Crippen molar-refractivity contribution < 1.29 is 23.9 Å². The summed E-state index contributed by atoms with van der Waals surface area (Å²) in [5.74, 6) is -0.954. The first kappa shape index (κ1) is 31.8. The van der Waals surface area contributed by atoms with Gasteiger partial charge in [-0.15, -0.1) is 11.8 Å². The van der Waals surface area contributed by atoms with E-state index in [1.807, 2.05) is 6.92 Å². The zero-order valence-corrected chi connectivity index (χ0v) is 26.3. The molecule has 1 aliphatic rings. The minimum Gasteiger partial charge on any atom is -0.494 e. The fraction of sp³-hybridized carbons (Fsp3) is 0.118. The fourth-order valence-electron chi connectivity index (χ4n) is 4.52. The molecule has 1 unspecified atom stereocenters. The average Bonchev–Trinajstić information content (AvgIpc) is 3.31. The predicted octanol–water partition coefficient (Wildman–Crippen LogP) is 7.23. The third-order valence-electron chi connectivity index (χ3n) is 6.69. The number of rotatable bonds is 10. The number of amides is 4. The van der Waals surface area contributed by atoms with E-state index in [1.54, 1.807) is 97.1 Å². The minimum atomic E-state index is -0.587. The Kier molecular flexibility index (Phi) is 10.2. The number of hydrogen-bond donors (Lipinski definition) is 2. The van der Waals surface area contributed by atoms with E-state index >= 15 is 0 Å². The van der Waals surface area contributed by atoms with Crippen LogP contribution >= 0.6 is 35.0 Å². The molecule has 0 spiro atoms. The Hall–Kier alpha value is -4.57. The number of imide groups is 1. The molecule has 2 N–H and O–H groups in total. The number of carbonyl (C=O) groups excluding carboxylic acids is 4. The highest BCUT2D eigenvalue weighted by molar-refractivity contribution is 8.00. The van der Waals surface area contributed by atoms with Gasteiger partial charge in [-0.2, -0.15) is 0 Å². The zero-order chi connectivity index (χ0) is 31.9. The molecule has 8 nitrogen and oxygen atoms in total. The molecule has 1 heterocycles. The fourth-order valence-corrected chi connectivity index (χ4v) is 6.04. The summed E-state index contributed by atoms with van der Waals surface area (Å²) in [6.45, 7) is 2.40. The van der Waals surface area contributed by atoms with Crippen molar-refractivity contribution in [1.82, 2.24) is 5.32 Å². The molecule has 1 saturated heterocycles. The van der Waals surface area contributed by atoms with Gasteiger partial charge in [-0.1, -0.05) is 47.5 Å². The molecule has 228 valence electrons. The average molecular weight is 661 g/mol. The van der Waals surface area contributed by atoms with E-state index in [1.165, 1.54) is 22.7 Å². The Balaban J connectivity index is 1.27. The van der Waals surface area contributed by atoms with Crippen LogP contribution in [0.15, 0.2) is 108 Å². The maximum atomic E-state index is 13.4. The van der Waals surface area contributed by atoms with Gasteiger partial charge in [0.05, 0.1) is 17.5 Å². The van der Waals surface area contributed by atoms with Crippen molar-refractivity contribution in [1.29, 1.82) is 0 Å². The molecular weight excluding hydrogens is 633 g/mol. The summed E-state index contributed by atoms with van der Waals surface area (Å²) in [5.41, 5.74) is 1.78. The summed E-state index contributed by atoms with van der Waals surface area (Å²) in [5, 5.41) is 5.62. The molecule has 0 radical (unpaired) electrons. The Bertz CT molecular complexity index is 1760. The van der Waals surface area contributed by atoms with Gasteiger partial charge < -0.3 is 15.4 Å². The van der Waals surface area contributed by atoms with Gasteiger partial charge in [-0.25, -0.2) is 4.90 Å². The number of hydrogen-bond acceptors (Lipinski definition) is 6. The number of nitrogens with zero attached hydrogens (tertiary/aromatic N) is 1. The van der Waals surface area contributed by atoms with Gasteiger partial charge in [-0.3, -0.25) is 19.2 Å². The van der Waals surface area contributed by atoms with E-state index in [-0.39, 0.29) is 23.9 Å². The smallest absolute Gasteiger partial charge is 0.272 e. The van der Waals surface area contributed by atoms with Crippen molar-refractivity contribution in [3.05, 3.63) is 124 Å². The van der Waals surface area contributed by atoms with E-state index < -0.39 is 17.1 Å². The van der Waals surface area contributed by atoms with Crippen molar-refractivity contribution in [2.75, 3.05) is 16.8 Å². The highest BCUT2D eigenvalue weighted by Gasteiger charge is 2.40. The van der Waals surface area contributed by atoms with Crippen LogP contribution in [0.2, 0.25) is 10.0 Å². The highest BCUT2D eigenvalue weighted by atomic mass is 35.5. The molecule has 11 heteroatoms. The second-order valence-electron chi connectivity index (χ2n) is 9.83. The third-order valence-corrected chi connectivity index (χ3v) is 8.45. The number of ether oxygens (including phenoxy) is 1. The number of nitrogens with one attached hydrogen (secondary N) is 2. The minimum absolute atomic E-state index is 0.0315. The molecule has 4 aromatic rings. The molecule has 0 bridgehead atoms. The second kappa shape index (κ2) is 14.5. The number of anilines is 2. The molecule has 1 aliphatic heterocycles. The number of carbonyl (C=O) groups is 4. The van der Waals surface area contributed by atoms with E-state index in [0.717, 1.165) is 4.90 Å². The summed E-state index contributed by atoms with van der Waals surface area (Å²) in [6.07, 6.45) is 1.54. The van der Waals surface area contributed by atoms with Crippen LogP contribution in [0.3, 0.4) is 0 Å². The SMILES string of the molecule is CCOc1ccc(N2C(=O)CC(Sc3ccc(NC(=O)/C(=C/c4ccc(Cl)cc4Cl)NC(=O)c4ccccc4)cc3)C2=O)cc1. The summed E-state index contributed by atoms with van der Waals surface area (Å²) >= 11 is 13.6. The first-order chi connectivity index (χ1) is 21.7. The molecule has 1 atom stereocenters. The topological polar surface area (TPSA) is 105 Å². The van der Waals surface area contributed by atoms with Crippen molar-refractivity contribution >= 4 is 76.0 Å². The zero-order valence-electron chi connectivity index (χ0n) is 24.0. The van der Waals surface area contributed by atoms with Gasteiger partial charge >= 0.3 is 0 Å². The third kappa shape index (κ3) is 7.94. The Morgan fingerprint density at radius 1 is 0.956 bits per heavy atom. The molecular formula is C34H27Cl2N3O5S.